The fourth-order valence-corrected chi connectivity index (χ4v) is 2.85. The zero-order valence-corrected chi connectivity index (χ0v) is 11.7. The van der Waals surface area contributed by atoms with Crippen LogP contribution < -0.4 is 10.6 Å². The summed E-state index contributed by atoms with van der Waals surface area (Å²) in [6.45, 7) is 5.56. The Morgan fingerprint density at radius 1 is 1.06 bits per heavy atom. The lowest BCUT2D eigenvalue weighted by molar-refractivity contribution is 0.250. The molecule has 0 spiro atoms. The van der Waals surface area contributed by atoms with Gasteiger partial charge < -0.3 is 10.6 Å². The first-order valence-corrected chi connectivity index (χ1v) is 7.35. The van der Waals surface area contributed by atoms with E-state index in [2.05, 4.69) is 54.8 Å². The highest BCUT2D eigenvalue weighted by Gasteiger charge is 2.25. The molecule has 0 aromatic heterocycles. The maximum Gasteiger partial charge on any atom is 0.0208 e. The highest BCUT2D eigenvalue weighted by Crippen LogP contribution is 2.18. The van der Waals surface area contributed by atoms with Crippen LogP contribution in [0, 0.1) is 0 Å². The first-order valence-electron chi connectivity index (χ1n) is 7.35. The van der Waals surface area contributed by atoms with E-state index in [9.17, 15) is 0 Å². The molecule has 0 aliphatic carbocycles. The highest BCUT2D eigenvalue weighted by molar-refractivity contribution is 5.14. The monoisotopic (exact) mass is 246 g/mol. The van der Waals surface area contributed by atoms with Crippen molar-refractivity contribution in [3.05, 3.63) is 35.9 Å². The highest BCUT2D eigenvalue weighted by atomic mass is 15.0. The smallest absolute Gasteiger partial charge is 0.0208 e. The van der Waals surface area contributed by atoms with Gasteiger partial charge in [0.1, 0.15) is 0 Å². The maximum atomic E-state index is 3.74. The van der Waals surface area contributed by atoms with Crippen LogP contribution in [0.5, 0.6) is 0 Å². The second-order valence-electron chi connectivity index (χ2n) is 5.41. The van der Waals surface area contributed by atoms with E-state index >= 15 is 0 Å². The molecule has 1 saturated heterocycles. The largest absolute Gasteiger partial charge is 0.311 e. The lowest BCUT2D eigenvalue weighted by atomic mass is 9.91. The summed E-state index contributed by atoms with van der Waals surface area (Å²) in [6.07, 6.45) is 5.00. The van der Waals surface area contributed by atoms with Crippen LogP contribution in [-0.2, 0) is 6.54 Å². The van der Waals surface area contributed by atoms with Crippen LogP contribution in [0.4, 0.5) is 0 Å². The Balaban J connectivity index is 1.84. The summed E-state index contributed by atoms with van der Waals surface area (Å²) in [5.74, 6) is 0. The third kappa shape index (κ3) is 3.82. The summed E-state index contributed by atoms with van der Waals surface area (Å²) in [4.78, 5) is 0. The molecule has 1 heterocycles. The van der Waals surface area contributed by atoms with E-state index in [1.165, 1.54) is 31.2 Å². The summed E-state index contributed by atoms with van der Waals surface area (Å²) in [5, 5.41) is 7.47. The quantitative estimate of drug-likeness (QED) is 0.834. The molecule has 1 aliphatic heterocycles. The Morgan fingerprint density at radius 2 is 1.67 bits per heavy atom. The third-order valence-corrected chi connectivity index (χ3v) is 4.03. The minimum absolute atomic E-state index is 0.668. The molecule has 0 amide bonds. The average Bonchev–Trinajstić information content (AvgIpc) is 2.45. The van der Waals surface area contributed by atoms with Gasteiger partial charge in [0, 0.05) is 24.7 Å². The standard InChI is InChI=1S/C16H26N2/c1-3-14-10-16(11-15(4-2)18-14)17-12-13-8-6-5-7-9-13/h5-9,14-18H,3-4,10-12H2,1-2H3. The van der Waals surface area contributed by atoms with E-state index < -0.39 is 0 Å². The van der Waals surface area contributed by atoms with E-state index in [1.807, 2.05) is 0 Å². The van der Waals surface area contributed by atoms with Gasteiger partial charge in [-0.25, -0.2) is 0 Å². The minimum Gasteiger partial charge on any atom is -0.311 e. The molecule has 18 heavy (non-hydrogen) atoms. The van der Waals surface area contributed by atoms with Gasteiger partial charge in [-0.3, -0.25) is 0 Å². The van der Waals surface area contributed by atoms with Crippen LogP contribution in [0.3, 0.4) is 0 Å². The Kier molecular flexibility index (Phi) is 5.21. The summed E-state index contributed by atoms with van der Waals surface area (Å²) in [5.41, 5.74) is 1.39. The predicted molar refractivity (Wildman–Crippen MR) is 77.6 cm³/mol. The van der Waals surface area contributed by atoms with Gasteiger partial charge in [-0.05, 0) is 31.2 Å². The first-order chi connectivity index (χ1) is 8.81. The zero-order chi connectivity index (χ0) is 12.8. The van der Waals surface area contributed by atoms with Crippen molar-refractivity contribution in [2.24, 2.45) is 0 Å². The van der Waals surface area contributed by atoms with Gasteiger partial charge >= 0.3 is 0 Å². The minimum atomic E-state index is 0.668. The Bertz CT molecular complexity index is 324. The van der Waals surface area contributed by atoms with Crippen molar-refractivity contribution < 1.29 is 0 Å². The lowest BCUT2D eigenvalue weighted by Crippen LogP contribution is -2.50. The van der Waals surface area contributed by atoms with Gasteiger partial charge in [0.25, 0.3) is 0 Å². The van der Waals surface area contributed by atoms with Crippen molar-refractivity contribution >= 4 is 0 Å². The Labute approximate surface area is 111 Å². The summed E-state index contributed by atoms with van der Waals surface area (Å²) in [6, 6.07) is 12.8. The van der Waals surface area contributed by atoms with Crippen molar-refractivity contribution in [3.8, 4) is 0 Å². The maximum absolute atomic E-state index is 3.74. The van der Waals surface area contributed by atoms with Crippen LogP contribution in [-0.4, -0.2) is 18.1 Å². The first kappa shape index (κ1) is 13.6. The van der Waals surface area contributed by atoms with E-state index in [0.29, 0.717) is 18.1 Å². The molecular formula is C16H26N2. The Morgan fingerprint density at radius 3 is 2.22 bits per heavy atom. The molecule has 1 aromatic rings. The molecule has 0 saturated carbocycles. The molecule has 1 aliphatic rings. The fourth-order valence-electron chi connectivity index (χ4n) is 2.85. The molecule has 1 fully saturated rings. The molecule has 0 radical (unpaired) electrons. The summed E-state index contributed by atoms with van der Waals surface area (Å²) in [7, 11) is 0. The summed E-state index contributed by atoms with van der Waals surface area (Å²) < 4.78 is 0. The predicted octanol–water partition coefficient (Wildman–Crippen LogP) is 3.09. The van der Waals surface area contributed by atoms with Crippen molar-refractivity contribution in [2.75, 3.05) is 0 Å². The third-order valence-electron chi connectivity index (χ3n) is 4.03. The number of hydrogen-bond donors (Lipinski definition) is 2. The molecule has 2 unspecified atom stereocenters. The van der Waals surface area contributed by atoms with Gasteiger partial charge in [-0.2, -0.15) is 0 Å². The SMILES string of the molecule is CCC1CC(NCc2ccccc2)CC(CC)N1. The van der Waals surface area contributed by atoms with Crippen LogP contribution in [0.25, 0.3) is 0 Å². The molecule has 100 valence electrons. The number of benzene rings is 1. The number of rotatable bonds is 5. The van der Waals surface area contributed by atoms with E-state index in [-0.39, 0.29) is 0 Å². The van der Waals surface area contributed by atoms with Crippen LogP contribution in [0.1, 0.15) is 45.1 Å². The molecular weight excluding hydrogens is 220 g/mol. The average molecular weight is 246 g/mol. The number of nitrogens with one attached hydrogen (secondary N) is 2. The van der Waals surface area contributed by atoms with Crippen molar-refractivity contribution in [1.82, 2.24) is 10.6 Å². The topological polar surface area (TPSA) is 24.1 Å². The number of hydrogen-bond acceptors (Lipinski definition) is 2. The van der Waals surface area contributed by atoms with Gasteiger partial charge in [0.2, 0.25) is 0 Å². The van der Waals surface area contributed by atoms with Crippen molar-refractivity contribution in [2.45, 2.75) is 64.2 Å². The Hall–Kier alpha value is -0.860. The normalized spacial score (nSPS) is 28.2. The molecule has 2 rings (SSSR count). The van der Waals surface area contributed by atoms with Crippen molar-refractivity contribution in [1.29, 1.82) is 0 Å². The molecule has 1 aromatic carbocycles. The lowest BCUT2D eigenvalue weighted by Gasteiger charge is -2.36. The second kappa shape index (κ2) is 6.91. The molecule has 2 nitrogen and oxygen atoms in total. The van der Waals surface area contributed by atoms with Crippen LogP contribution in [0.2, 0.25) is 0 Å². The van der Waals surface area contributed by atoms with Crippen LogP contribution >= 0.6 is 0 Å². The fraction of sp³-hybridized carbons (Fsp3) is 0.625. The molecule has 2 heteroatoms. The van der Waals surface area contributed by atoms with E-state index in [4.69, 9.17) is 0 Å². The van der Waals surface area contributed by atoms with Gasteiger partial charge in [0.05, 0.1) is 0 Å². The molecule has 2 atom stereocenters. The zero-order valence-electron chi connectivity index (χ0n) is 11.7. The van der Waals surface area contributed by atoms with Crippen LogP contribution in [0.15, 0.2) is 30.3 Å². The summed E-state index contributed by atoms with van der Waals surface area (Å²) >= 11 is 0. The molecule has 0 bridgehead atoms. The van der Waals surface area contributed by atoms with Gasteiger partial charge in [-0.1, -0.05) is 44.2 Å². The second-order valence-corrected chi connectivity index (χ2v) is 5.41. The van der Waals surface area contributed by atoms with E-state index in [0.717, 1.165) is 6.54 Å². The van der Waals surface area contributed by atoms with Crippen molar-refractivity contribution in [3.63, 3.8) is 0 Å². The van der Waals surface area contributed by atoms with Gasteiger partial charge in [0.15, 0.2) is 0 Å². The van der Waals surface area contributed by atoms with Gasteiger partial charge in [-0.15, -0.1) is 0 Å². The number of piperidine rings is 1. The van der Waals surface area contributed by atoms with E-state index in [1.54, 1.807) is 0 Å². The molecule has 2 N–H and O–H groups in total.